The third-order valence-electron chi connectivity index (χ3n) is 13.7. The van der Waals surface area contributed by atoms with Crippen molar-refractivity contribution in [1.29, 1.82) is 0 Å². The molecule has 1 saturated heterocycles. The molecule has 7 atom stereocenters. The first-order valence-corrected chi connectivity index (χ1v) is 24.1. The lowest BCUT2D eigenvalue weighted by Gasteiger charge is -2.60. The minimum atomic E-state index is -1.55. The third-order valence-corrected chi connectivity index (χ3v) is 13.7. The maximum atomic E-state index is 15.0. The summed E-state index contributed by atoms with van der Waals surface area (Å²) in [6.07, 6.45) is 12.0. The second-order valence-electron chi connectivity index (χ2n) is 18.0. The van der Waals surface area contributed by atoms with Gasteiger partial charge in [-0.3, -0.25) is 15.0 Å². The van der Waals surface area contributed by atoms with Crippen molar-refractivity contribution in [2.24, 2.45) is 22.9 Å². The van der Waals surface area contributed by atoms with Crippen LogP contribution in [0.3, 0.4) is 0 Å². The average Bonchev–Trinajstić information content (AvgIpc) is 3.36. The molecule has 2 fully saturated rings. The zero-order chi connectivity index (χ0) is 47.5. The fourth-order valence-electron chi connectivity index (χ4n) is 10.7. The molecule has 0 radical (unpaired) electrons. The number of non-ortho nitro benzene ring substituents is 1. The number of rotatable bonds is 22. The van der Waals surface area contributed by atoms with Crippen LogP contribution in [0.4, 0.5) is 10.5 Å². The topological polar surface area (TPSA) is 172 Å². The number of benzene rings is 4. The molecule has 360 valence electrons. The van der Waals surface area contributed by atoms with E-state index in [0.29, 0.717) is 55.3 Å². The number of allylic oxidation sites excluding steroid dienone is 1. The number of carbonyl (C=O) groups is 1. The summed E-state index contributed by atoms with van der Waals surface area (Å²) in [5.41, 5.74) is 3.16. The van der Waals surface area contributed by atoms with Gasteiger partial charge in [-0.15, -0.1) is 13.2 Å². The number of nitro benzene ring substituents is 1. The molecule has 4 aliphatic rings. The van der Waals surface area contributed by atoms with Crippen molar-refractivity contribution in [2.45, 2.75) is 101 Å². The predicted molar refractivity (Wildman–Crippen MR) is 258 cm³/mol. The van der Waals surface area contributed by atoms with E-state index in [1.807, 2.05) is 54.6 Å². The Bertz CT molecular complexity index is 2460. The number of aliphatic hydroxyl groups is 2. The van der Waals surface area contributed by atoms with Gasteiger partial charge in [0.2, 0.25) is 12.1 Å². The molecular formula is C54H63N3O11. The summed E-state index contributed by atoms with van der Waals surface area (Å²) in [5, 5.41) is 38.8. The molecule has 0 bridgehead atoms. The molecule has 1 amide bonds. The standard InChI is InChI=1S/C54H63N3O11/c1-3-5-30-64-53(60)56(36-39-19-14-18-37-16-6-7-22-43(37)39)49-35-47(55-68-50-24-10-13-31-63-50)45-32-38(17-8-11-27-58)44(23-9-12-28-59)51-46-34-42(66-41-21-15-20-40(33-41)57(61)62)25-26-48(46)67-54(49,52(45)51)65-29-4-2/h3-4,6-7,14-16,18-22,25-26,32-34,38,44,49-52,58-59H,1-2,5,8-13,17,23-24,27-31,35-36H2. The molecular weight excluding hydrogens is 867 g/mol. The Balaban J connectivity index is 1.35. The van der Waals surface area contributed by atoms with Crippen LogP contribution in [0.2, 0.25) is 0 Å². The van der Waals surface area contributed by atoms with E-state index < -0.39 is 35.1 Å². The Morgan fingerprint density at radius 3 is 2.51 bits per heavy atom. The van der Waals surface area contributed by atoms with Gasteiger partial charge in [0.15, 0.2) is 0 Å². The predicted octanol–water partition coefficient (Wildman–Crippen LogP) is 10.9. The molecule has 7 unspecified atom stereocenters. The van der Waals surface area contributed by atoms with E-state index in [-0.39, 0.29) is 62.8 Å². The van der Waals surface area contributed by atoms with E-state index in [1.165, 1.54) is 12.1 Å². The molecule has 2 aliphatic heterocycles. The first kappa shape index (κ1) is 48.4. The fraction of sp³-hybridized carbons (Fsp3) is 0.444. The molecule has 14 nitrogen and oxygen atoms in total. The first-order valence-electron chi connectivity index (χ1n) is 24.1. The van der Waals surface area contributed by atoms with E-state index in [4.69, 9.17) is 33.7 Å². The van der Waals surface area contributed by atoms with Crippen molar-refractivity contribution in [1.82, 2.24) is 4.90 Å². The lowest BCUT2D eigenvalue weighted by atomic mass is 9.55. The fourth-order valence-corrected chi connectivity index (χ4v) is 10.7. The number of oxime groups is 1. The SMILES string of the molecule is C=CCCOC(=O)N(Cc1cccc2ccccc12)C1CC(=NOC2CCCCO2)C2=CC(CCCCO)C(CCCCO)C3c4cc(Oc5cccc([N+](=O)[O-])c5)ccc4OC1(OCC=C)C23. The van der Waals surface area contributed by atoms with Crippen molar-refractivity contribution >= 4 is 28.3 Å². The number of aliphatic hydroxyl groups excluding tert-OH is 2. The van der Waals surface area contributed by atoms with Crippen molar-refractivity contribution < 1.29 is 48.5 Å². The number of nitro groups is 1. The lowest BCUT2D eigenvalue weighted by molar-refractivity contribution is -0.384. The zero-order valence-corrected chi connectivity index (χ0v) is 38.6. The summed E-state index contributed by atoms with van der Waals surface area (Å²) >= 11 is 0. The van der Waals surface area contributed by atoms with Gasteiger partial charge in [0.05, 0.1) is 49.0 Å². The number of fused-ring (bicyclic) bond motifs is 3. The van der Waals surface area contributed by atoms with Gasteiger partial charge in [0.25, 0.3) is 5.69 Å². The summed E-state index contributed by atoms with van der Waals surface area (Å²) in [4.78, 5) is 34.4. The highest BCUT2D eigenvalue weighted by Gasteiger charge is 2.66. The van der Waals surface area contributed by atoms with Crippen molar-refractivity contribution in [3.05, 3.63) is 143 Å². The van der Waals surface area contributed by atoms with Gasteiger partial charge in [-0.05, 0) is 103 Å². The molecule has 0 aromatic heterocycles. The molecule has 4 aromatic carbocycles. The van der Waals surface area contributed by atoms with Gasteiger partial charge in [-0.2, -0.15) is 0 Å². The van der Waals surface area contributed by atoms with E-state index in [1.54, 1.807) is 35.3 Å². The van der Waals surface area contributed by atoms with Crippen LogP contribution in [0.5, 0.6) is 17.2 Å². The van der Waals surface area contributed by atoms with E-state index >= 15 is 4.79 Å². The monoisotopic (exact) mass is 929 g/mol. The molecule has 1 saturated carbocycles. The maximum absolute atomic E-state index is 15.0. The Kier molecular flexibility index (Phi) is 16.2. The molecule has 4 aromatic rings. The Hall–Kier alpha value is -6.06. The van der Waals surface area contributed by atoms with Gasteiger partial charge in [-0.25, -0.2) is 4.79 Å². The minimum Gasteiger partial charge on any atom is -0.459 e. The number of amides is 1. The average molecular weight is 930 g/mol. The first-order chi connectivity index (χ1) is 33.3. The molecule has 8 rings (SSSR count). The highest BCUT2D eigenvalue weighted by Crippen LogP contribution is 2.62. The summed E-state index contributed by atoms with van der Waals surface area (Å²) < 4.78 is 33.2. The maximum Gasteiger partial charge on any atom is 0.410 e. The smallest absolute Gasteiger partial charge is 0.410 e. The normalized spacial score (nSPS) is 24.4. The zero-order valence-electron chi connectivity index (χ0n) is 38.6. The Morgan fingerprint density at radius 2 is 1.74 bits per heavy atom. The largest absolute Gasteiger partial charge is 0.459 e. The number of carbonyl (C=O) groups excluding carboxylic acids is 1. The van der Waals surface area contributed by atoms with Crippen LogP contribution in [0.25, 0.3) is 10.8 Å². The van der Waals surface area contributed by atoms with Crippen LogP contribution >= 0.6 is 0 Å². The number of ether oxygens (including phenoxy) is 5. The number of unbranched alkanes of at least 4 members (excludes halogenated alkanes) is 2. The van der Waals surface area contributed by atoms with Gasteiger partial charge in [-0.1, -0.05) is 84.8 Å². The second kappa shape index (κ2) is 22.8. The van der Waals surface area contributed by atoms with Gasteiger partial charge < -0.3 is 38.7 Å². The highest BCUT2D eigenvalue weighted by atomic mass is 16.8. The van der Waals surface area contributed by atoms with Crippen LogP contribution in [0.15, 0.2) is 127 Å². The number of hydrogen-bond donors (Lipinski definition) is 2. The van der Waals surface area contributed by atoms with Crippen molar-refractivity contribution in [3.63, 3.8) is 0 Å². The van der Waals surface area contributed by atoms with E-state index in [2.05, 4.69) is 19.2 Å². The number of hydrogen-bond acceptors (Lipinski definition) is 12. The van der Waals surface area contributed by atoms with Gasteiger partial charge >= 0.3 is 6.09 Å². The highest BCUT2D eigenvalue weighted by molar-refractivity contribution is 6.03. The molecule has 68 heavy (non-hydrogen) atoms. The van der Waals surface area contributed by atoms with Crippen molar-refractivity contribution in [3.8, 4) is 17.2 Å². The molecule has 2 heterocycles. The van der Waals surface area contributed by atoms with Crippen molar-refractivity contribution in [2.75, 3.05) is 33.0 Å². The molecule has 0 spiro atoms. The summed E-state index contributed by atoms with van der Waals surface area (Å²) in [5.74, 6) is -1.25. The number of nitrogens with zero attached hydrogens (tertiary/aromatic N) is 3. The molecule has 14 heteroatoms. The lowest BCUT2D eigenvalue weighted by Crippen LogP contribution is -2.70. The van der Waals surface area contributed by atoms with Crippen LogP contribution in [-0.4, -0.2) is 83.0 Å². The Morgan fingerprint density at radius 1 is 0.941 bits per heavy atom. The van der Waals surface area contributed by atoms with Crippen LogP contribution in [0.1, 0.15) is 87.7 Å². The van der Waals surface area contributed by atoms with E-state index in [9.17, 15) is 20.3 Å². The second-order valence-corrected chi connectivity index (χ2v) is 18.0. The minimum absolute atomic E-state index is 0.00997. The quantitative estimate of drug-likeness (QED) is 0.0332. The van der Waals surface area contributed by atoms with Crippen LogP contribution in [0, 0.1) is 27.9 Å². The summed E-state index contributed by atoms with van der Waals surface area (Å²) in [7, 11) is 0. The molecule has 2 aliphatic carbocycles. The summed E-state index contributed by atoms with van der Waals surface area (Å²) in [6.45, 7) is 8.93. The Labute approximate surface area is 398 Å². The van der Waals surface area contributed by atoms with Crippen LogP contribution in [-0.2, 0) is 25.6 Å². The van der Waals surface area contributed by atoms with Gasteiger partial charge in [0.1, 0.15) is 23.3 Å². The van der Waals surface area contributed by atoms with Crippen LogP contribution < -0.4 is 9.47 Å². The van der Waals surface area contributed by atoms with E-state index in [0.717, 1.165) is 66.0 Å². The summed E-state index contributed by atoms with van der Waals surface area (Å²) in [6, 6.07) is 24.9. The third kappa shape index (κ3) is 10.6. The molecule has 2 N–H and O–H groups in total. The van der Waals surface area contributed by atoms with Gasteiger partial charge in [0, 0.05) is 43.6 Å².